The second-order valence-corrected chi connectivity index (χ2v) is 8.25. The van der Waals surface area contributed by atoms with Gasteiger partial charge in [0.2, 0.25) is 11.8 Å². The third-order valence-corrected chi connectivity index (χ3v) is 5.68. The van der Waals surface area contributed by atoms with Gasteiger partial charge in [0.15, 0.2) is 0 Å². The molecule has 0 fully saturated rings. The highest BCUT2D eigenvalue weighted by atomic mass is 19.4. The first-order valence-corrected chi connectivity index (χ1v) is 11.2. The molecule has 0 atom stereocenters. The van der Waals surface area contributed by atoms with Crippen molar-refractivity contribution < 1.29 is 22.7 Å². The number of nitrogens with zero attached hydrogens (tertiary/aromatic N) is 2. The first-order chi connectivity index (χ1) is 17.3. The Kier molecular flexibility index (Phi) is 6.25. The lowest BCUT2D eigenvalue weighted by atomic mass is 10.0. The summed E-state index contributed by atoms with van der Waals surface area (Å²) in [5.74, 6) is 0.130. The quantitative estimate of drug-likeness (QED) is 0.336. The van der Waals surface area contributed by atoms with Gasteiger partial charge in [-0.15, -0.1) is 0 Å². The lowest BCUT2D eigenvalue weighted by molar-refractivity contribution is -0.137. The second-order valence-electron chi connectivity index (χ2n) is 8.25. The predicted octanol–water partition coefficient (Wildman–Crippen LogP) is 6.81. The molecule has 8 heteroatoms. The summed E-state index contributed by atoms with van der Waals surface area (Å²) in [7, 11) is 0. The molecule has 1 N–H and O–H groups in total. The number of nitrogens with one attached hydrogen (secondary N) is 1. The van der Waals surface area contributed by atoms with Crippen molar-refractivity contribution >= 4 is 23.0 Å². The van der Waals surface area contributed by atoms with E-state index in [1.807, 2.05) is 42.5 Å². The molecule has 2 heterocycles. The first-order valence-electron chi connectivity index (χ1n) is 11.2. The molecule has 3 aromatic carbocycles. The van der Waals surface area contributed by atoms with Crippen molar-refractivity contribution in [2.45, 2.75) is 19.2 Å². The van der Waals surface area contributed by atoms with Crippen LogP contribution in [0.4, 0.5) is 24.5 Å². The van der Waals surface area contributed by atoms with Gasteiger partial charge in [-0.05, 0) is 47.0 Å². The zero-order chi connectivity index (χ0) is 25.1. The molecule has 1 amide bonds. The molecule has 1 aromatic heterocycles. The number of pyridine rings is 1. The summed E-state index contributed by atoms with van der Waals surface area (Å²) in [5.41, 5.74) is 3.33. The Hall–Kier alpha value is -4.46. The molecular formula is C28H20F3N3O2. The lowest BCUT2D eigenvalue weighted by Gasteiger charge is -2.10. The molecule has 4 aromatic rings. The van der Waals surface area contributed by atoms with Crippen molar-refractivity contribution in [3.63, 3.8) is 0 Å². The number of halogens is 3. The van der Waals surface area contributed by atoms with Crippen LogP contribution in [0.2, 0.25) is 0 Å². The monoisotopic (exact) mass is 487 g/mol. The van der Waals surface area contributed by atoms with Gasteiger partial charge in [-0.3, -0.25) is 9.79 Å². The Bertz CT molecular complexity index is 1430. The Morgan fingerprint density at radius 3 is 2.42 bits per heavy atom. The van der Waals surface area contributed by atoms with Crippen molar-refractivity contribution in [3.05, 3.63) is 108 Å². The topological polar surface area (TPSA) is 63.6 Å². The molecule has 0 spiro atoms. The minimum absolute atomic E-state index is 0.139. The molecule has 5 nitrogen and oxygen atoms in total. The van der Waals surface area contributed by atoms with Crippen molar-refractivity contribution in [2.24, 2.45) is 4.99 Å². The van der Waals surface area contributed by atoms with Gasteiger partial charge in [-0.2, -0.15) is 13.2 Å². The number of aromatic nitrogens is 1. The number of amides is 1. The second kappa shape index (κ2) is 9.65. The van der Waals surface area contributed by atoms with E-state index in [1.54, 1.807) is 24.4 Å². The number of ether oxygens (including phenoxy) is 1. The van der Waals surface area contributed by atoms with E-state index in [1.165, 1.54) is 12.1 Å². The molecule has 1 aliphatic rings. The molecule has 180 valence electrons. The Morgan fingerprint density at radius 2 is 1.67 bits per heavy atom. The number of benzene rings is 3. The molecule has 0 aliphatic carbocycles. The smallest absolute Gasteiger partial charge is 0.416 e. The van der Waals surface area contributed by atoms with Gasteiger partial charge in [0, 0.05) is 17.8 Å². The zero-order valence-corrected chi connectivity index (χ0v) is 18.9. The van der Waals surface area contributed by atoms with E-state index < -0.39 is 11.7 Å². The zero-order valence-electron chi connectivity index (χ0n) is 18.9. The van der Waals surface area contributed by atoms with E-state index in [0.717, 1.165) is 28.8 Å². The fraction of sp³-hybridized carbons (Fsp3) is 0.107. The van der Waals surface area contributed by atoms with Crippen LogP contribution in [0.15, 0.2) is 96.1 Å². The van der Waals surface area contributed by atoms with Gasteiger partial charge in [-0.1, -0.05) is 48.5 Å². The molecular weight excluding hydrogens is 467 g/mol. The fourth-order valence-electron chi connectivity index (χ4n) is 3.85. The van der Waals surface area contributed by atoms with Gasteiger partial charge in [0.05, 0.1) is 29.1 Å². The number of carbonyl (C=O) groups is 1. The third kappa shape index (κ3) is 5.27. The number of hydrogen-bond acceptors (Lipinski definition) is 4. The fourth-order valence-corrected chi connectivity index (χ4v) is 3.85. The lowest BCUT2D eigenvalue weighted by Crippen LogP contribution is -2.15. The molecule has 1 aliphatic heterocycles. The standard InChI is InChI=1S/C28H20F3N3O2/c29-28(30,31)22-8-4-7-20(13-22)24-15-26(35)34-25-14-19(9-11-23(25)33-24)21-10-12-27(32-16-21)36-17-18-5-2-1-3-6-18/h1-14,16H,15,17H2,(H,34,35). The van der Waals surface area contributed by atoms with Gasteiger partial charge >= 0.3 is 6.18 Å². The Labute approximate surface area is 205 Å². The molecule has 5 rings (SSSR count). The maximum absolute atomic E-state index is 13.2. The number of alkyl halides is 3. The minimum atomic E-state index is -4.48. The van der Waals surface area contributed by atoms with Gasteiger partial charge in [0.25, 0.3) is 0 Å². The van der Waals surface area contributed by atoms with Crippen LogP contribution >= 0.6 is 0 Å². The van der Waals surface area contributed by atoms with Gasteiger partial charge in [-0.25, -0.2) is 4.98 Å². The highest BCUT2D eigenvalue weighted by Gasteiger charge is 2.31. The Balaban J connectivity index is 1.38. The number of rotatable bonds is 5. The van der Waals surface area contributed by atoms with Gasteiger partial charge < -0.3 is 10.1 Å². The number of anilines is 1. The van der Waals surface area contributed by atoms with Crippen LogP contribution in [0.25, 0.3) is 11.1 Å². The van der Waals surface area contributed by atoms with E-state index >= 15 is 0 Å². The summed E-state index contributed by atoms with van der Waals surface area (Å²) in [5, 5.41) is 2.81. The number of hydrogen-bond donors (Lipinski definition) is 1. The summed E-state index contributed by atoms with van der Waals surface area (Å²) >= 11 is 0. The van der Waals surface area contributed by atoms with Gasteiger partial charge in [0.1, 0.15) is 6.61 Å². The van der Waals surface area contributed by atoms with Crippen LogP contribution < -0.4 is 10.1 Å². The first kappa shape index (κ1) is 23.3. The van der Waals surface area contributed by atoms with Crippen molar-refractivity contribution in [3.8, 4) is 17.0 Å². The third-order valence-electron chi connectivity index (χ3n) is 5.68. The average molecular weight is 487 g/mol. The summed E-state index contributed by atoms with van der Waals surface area (Å²) < 4.78 is 45.2. The van der Waals surface area contributed by atoms with Crippen molar-refractivity contribution in [2.75, 3.05) is 5.32 Å². The van der Waals surface area contributed by atoms with Crippen LogP contribution in [0.1, 0.15) is 23.1 Å². The number of fused-ring (bicyclic) bond motifs is 1. The summed E-state index contributed by atoms with van der Waals surface area (Å²) in [6.45, 7) is 0.407. The van der Waals surface area contributed by atoms with Crippen LogP contribution in [-0.4, -0.2) is 16.6 Å². The van der Waals surface area contributed by atoms with E-state index in [4.69, 9.17) is 4.74 Å². The number of carbonyl (C=O) groups excluding carboxylic acids is 1. The van der Waals surface area contributed by atoms with Crippen molar-refractivity contribution in [1.82, 2.24) is 4.98 Å². The van der Waals surface area contributed by atoms with Crippen LogP contribution in [0.5, 0.6) is 5.88 Å². The maximum Gasteiger partial charge on any atom is 0.416 e. The number of aliphatic imine (C=N–C) groups is 1. The molecule has 0 saturated carbocycles. The van der Waals surface area contributed by atoms with E-state index in [-0.39, 0.29) is 23.6 Å². The SMILES string of the molecule is O=C1CC(c2cccc(C(F)(F)F)c2)=Nc2ccc(-c3ccc(OCc4ccccc4)nc3)cc2N1. The Morgan fingerprint density at radius 1 is 0.861 bits per heavy atom. The van der Waals surface area contributed by atoms with E-state index in [9.17, 15) is 18.0 Å². The summed E-state index contributed by atoms with van der Waals surface area (Å²) in [4.78, 5) is 21.4. The maximum atomic E-state index is 13.2. The predicted molar refractivity (Wildman–Crippen MR) is 131 cm³/mol. The molecule has 0 bridgehead atoms. The average Bonchev–Trinajstić information content (AvgIpc) is 3.05. The molecule has 0 radical (unpaired) electrons. The highest BCUT2D eigenvalue weighted by molar-refractivity contribution is 6.17. The molecule has 0 saturated heterocycles. The largest absolute Gasteiger partial charge is 0.473 e. The minimum Gasteiger partial charge on any atom is -0.473 e. The van der Waals surface area contributed by atoms with E-state index in [2.05, 4.69) is 15.3 Å². The molecule has 0 unspecified atom stereocenters. The molecule has 36 heavy (non-hydrogen) atoms. The highest BCUT2D eigenvalue weighted by Crippen LogP contribution is 2.35. The summed E-state index contributed by atoms with van der Waals surface area (Å²) in [6.07, 6.45) is -2.94. The van der Waals surface area contributed by atoms with Crippen molar-refractivity contribution in [1.29, 1.82) is 0 Å². The van der Waals surface area contributed by atoms with E-state index in [0.29, 0.717) is 23.9 Å². The summed E-state index contributed by atoms with van der Waals surface area (Å²) in [6, 6.07) is 23.6. The normalized spacial score (nSPS) is 13.3. The van der Waals surface area contributed by atoms with Crippen LogP contribution in [0, 0.1) is 0 Å². The van der Waals surface area contributed by atoms with Crippen LogP contribution in [-0.2, 0) is 17.6 Å². The van der Waals surface area contributed by atoms with Crippen LogP contribution in [0.3, 0.4) is 0 Å².